The van der Waals surface area contributed by atoms with Crippen molar-refractivity contribution in [3.8, 4) is 0 Å². The molecule has 5 nitrogen and oxygen atoms in total. The third-order valence-corrected chi connectivity index (χ3v) is 6.68. The molecule has 0 N–H and O–H groups in total. The molecular weight excluding hydrogens is 324 g/mol. The van der Waals surface area contributed by atoms with Crippen LogP contribution in [-0.4, -0.2) is 48.7 Å². The summed E-state index contributed by atoms with van der Waals surface area (Å²) < 4.78 is 27.1. The lowest BCUT2D eigenvalue weighted by atomic mass is 10.1. The van der Waals surface area contributed by atoms with E-state index < -0.39 is 10.0 Å². The van der Waals surface area contributed by atoms with Crippen molar-refractivity contribution in [3.63, 3.8) is 0 Å². The lowest BCUT2D eigenvalue weighted by Crippen LogP contribution is -2.39. The van der Waals surface area contributed by atoms with Gasteiger partial charge in [-0.05, 0) is 51.3 Å². The standard InChI is InChI=1S/C18H28N2O3S/c1-6-19(7-2)24(22,23)17-12-15(9-8-14(17)5)18(21)20(13(3)4)16-10-11-16/h8-9,12-13,16H,6-7,10-11H2,1-5H3. The van der Waals surface area contributed by atoms with Crippen molar-refractivity contribution in [2.24, 2.45) is 0 Å². The predicted octanol–water partition coefficient (Wildman–Crippen LogP) is 3.04. The average Bonchev–Trinajstić information content (AvgIpc) is 3.32. The Hall–Kier alpha value is -1.40. The van der Waals surface area contributed by atoms with E-state index >= 15 is 0 Å². The highest BCUT2D eigenvalue weighted by Crippen LogP contribution is 2.31. The number of nitrogens with zero attached hydrogens (tertiary/aromatic N) is 2. The maximum Gasteiger partial charge on any atom is 0.254 e. The summed E-state index contributed by atoms with van der Waals surface area (Å²) in [6.07, 6.45) is 2.06. The SMILES string of the molecule is CCN(CC)S(=O)(=O)c1cc(C(=O)N(C(C)C)C2CC2)ccc1C. The number of carbonyl (C=O) groups is 1. The van der Waals surface area contributed by atoms with Crippen LogP contribution < -0.4 is 0 Å². The van der Waals surface area contributed by atoms with Gasteiger partial charge in [0, 0.05) is 30.7 Å². The van der Waals surface area contributed by atoms with E-state index in [1.807, 2.05) is 32.6 Å². The predicted molar refractivity (Wildman–Crippen MR) is 95.6 cm³/mol. The maximum absolute atomic E-state index is 12.9. The lowest BCUT2D eigenvalue weighted by Gasteiger charge is -2.27. The van der Waals surface area contributed by atoms with Gasteiger partial charge in [0.1, 0.15) is 0 Å². The first-order valence-corrected chi connectivity index (χ1v) is 10.1. The number of aryl methyl sites for hydroxylation is 1. The van der Waals surface area contributed by atoms with E-state index in [4.69, 9.17) is 0 Å². The van der Waals surface area contributed by atoms with Crippen molar-refractivity contribution in [1.29, 1.82) is 0 Å². The number of hydrogen-bond donors (Lipinski definition) is 0. The first-order chi connectivity index (χ1) is 11.2. The fourth-order valence-electron chi connectivity index (χ4n) is 3.04. The molecule has 1 saturated carbocycles. The molecule has 0 spiro atoms. The Kier molecular flexibility index (Phi) is 5.71. The van der Waals surface area contributed by atoms with Gasteiger partial charge in [-0.1, -0.05) is 19.9 Å². The van der Waals surface area contributed by atoms with Gasteiger partial charge in [0.25, 0.3) is 5.91 Å². The highest BCUT2D eigenvalue weighted by Gasteiger charge is 2.35. The van der Waals surface area contributed by atoms with Crippen molar-refractivity contribution in [3.05, 3.63) is 29.3 Å². The summed E-state index contributed by atoms with van der Waals surface area (Å²) in [6, 6.07) is 5.41. The van der Waals surface area contributed by atoms with Crippen LogP contribution in [-0.2, 0) is 10.0 Å². The largest absolute Gasteiger partial charge is 0.333 e. The Bertz CT molecular complexity index is 703. The van der Waals surface area contributed by atoms with Crippen molar-refractivity contribution in [1.82, 2.24) is 9.21 Å². The van der Waals surface area contributed by atoms with E-state index in [0.29, 0.717) is 30.3 Å². The number of amides is 1. The monoisotopic (exact) mass is 352 g/mol. The zero-order valence-electron chi connectivity index (χ0n) is 15.2. The third kappa shape index (κ3) is 3.64. The van der Waals surface area contributed by atoms with Crippen LogP contribution in [0.2, 0.25) is 0 Å². The first-order valence-electron chi connectivity index (χ1n) is 8.67. The summed E-state index contributed by atoms with van der Waals surface area (Å²) in [5.41, 5.74) is 1.12. The van der Waals surface area contributed by atoms with Gasteiger partial charge in [-0.25, -0.2) is 8.42 Å². The van der Waals surface area contributed by atoms with Gasteiger partial charge in [0.2, 0.25) is 10.0 Å². The van der Waals surface area contributed by atoms with Crippen LogP contribution in [0.3, 0.4) is 0 Å². The van der Waals surface area contributed by atoms with Crippen LogP contribution in [0.1, 0.15) is 56.5 Å². The Morgan fingerprint density at radius 3 is 2.25 bits per heavy atom. The molecule has 0 radical (unpaired) electrons. The van der Waals surface area contributed by atoms with Gasteiger partial charge in [-0.2, -0.15) is 4.31 Å². The fraction of sp³-hybridized carbons (Fsp3) is 0.611. The molecule has 0 atom stereocenters. The second-order valence-corrected chi connectivity index (χ2v) is 8.51. The molecule has 0 heterocycles. The molecule has 6 heteroatoms. The van der Waals surface area contributed by atoms with Gasteiger partial charge < -0.3 is 4.90 Å². The molecule has 1 amide bonds. The molecule has 2 rings (SSSR count). The van der Waals surface area contributed by atoms with Gasteiger partial charge >= 0.3 is 0 Å². The summed E-state index contributed by atoms with van der Waals surface area (Å²) in [6.45, 7) is 10.2. The normalized spacial score (nSPS) is 15.1. The van der Waals surface area contributed by atoms with E-state index in [2.05, 4.69) is 0 Å². The third-order valence-electron chi connectivity index (χ3n) is 4.49. The molecule has 0 bridgehead atoms. The lowest BCUT2D eigenvalue weighted by molar-refractivity contribution is 0.0690. The minimum Gasteiger partial charge on any atom is -0.333 e. The molecule has 1 aliphatic carbocycles. The summed E-state index contributed by atoms with van der Waals surface area (Å²) >= 11 is 0. The molecule has 24 heavy (non-hydrogen) atoms. The van der Waals surface area contributed by atoms with Gasteiger partial charge in [-0.3, -0.25) is 4.79 Å². The Morgan fingerprint density at radius 2 is 1.79 bits per heavy atom. The smallest absolute Gasteiger partial charge is 0.254 e. The molecule has 1 aromatic rings. The van der Waals surface area contributed by atoms with Crippen molar-refractivity contribution in [2.45, 2.75) is 64.4 Å². The molecule has 1 aromatic carbocycles. The van der Waals surface area contributed by atoms with Crippen LogP contribution >= 0.6 is 0 Å². The van der Waals surface area contributed by atoms with Crippen molar-refractivity contribution >= 4 is 15.9 Å². The average molecular weight is 353 g/mol. The Balaban J connectivity index is 2.43. The zero-order valence-corrected chi connectivity index (χ0v) is 16.1. The molecule has 134 valence electrons. The first kappa shape index (κ1) is 18.9. The van der Waals surface area contributed by atoms with Crippen LogP contribution in [0.4, 0.5) is 0 Å². The number of sulfonamides is 1. The molecule has 0 aromatic heterocycles. The molecule has 0 unspecified atom stereocenters. The van der Waals surface area contributed by atoms with Crippen LogP contribution in [0, 0.1) is 6.92 Å². The molecular formula is C18H28N2O3S. The topological polar surface area (TPSA) is 57.7 Å². The number of rotatable bonds is 7. The summed E-state index contributed by atoms with van der Waals surface area (Å²) in [7, 11) is -3.58. The van der Waals surface area contributed by atoms with Gasteiger partial charge in [0.05, 0.1) is 4.90 Å². The van der Waals surface area contributed by atoms with Crippen LogP contribution in [0.5, 0.6) is 0 Å². The minimum absolute atomic E-state index is 0.0801. The van der Waals surface area contributed by atoms with Crippen LogP contribution in [0.15, 0.2) is 23.1 Å². The maximum atomic E-state index is 12.9. The Morgan fingerprint density at radius 1 is 1.21 bits per heavy atom. The molecule has 1 aliphatic rings. The Labute approximate surface area is 145 Å². The van der Waals surface area contributed by atoms with Crippen molar-refractivity contribution < 1.29 is 13.2 Å². The van der Waals surface area contributed by atoms with Gasteiger partial charge in [0.15, 0.2) is 0 Å². The second-order valence-electron chi connectivity index (χ2n) is 6.61. The molecule has 0 saturated heterocycles. The number of benzene rings is 1. The number of hydrogen-bond acceptors (Lipinski definition) is 3. The summed E-state index contributed by atoms with van der Waals surface area (Å²) in [5, 5.41) is 0. The van der Waals surface area contributed by atoms with Crippen LogP contribution in [0.25, 0.3) is 0 Å². The number of carbonyl (C=O) groups excluding carboxylic acids is 1. The fourth-order valence-corrected chi connectivity index (χ4v) is 4.75. The highest BCUT2D eigenvalue weighted by atomic mass is 32.2. The van der Waals surface area contributed by atoms with Gasteiger partial charge in [-0.15, -0.1) is 0 Å². The minimum atomic E-state index is -3.58. The molecule has 0 aliphatic heterocycles. The van der Waals surface area contributed by atoms with E-state index in [1.54, 1.807) is 25.1 Å². The van der Waals surface area contributed by atoms with E-state index in [0.717, 1.165) is 12.8 Å². The quantitative estimate of drug-likeness (QED) is 0.758. The highest BCUT2D eigenvalue weighted by molar-refractivity contribution is 7.89. The summed E-state index contributed by atoms with van der Waals surface area (Å²) in [4.78, 5) is 15.0. The van der Waals surface area contributed by atoms with E-state index in [1.165, 1.54) is 4.31 Å². The van der Waals surface area contributed by atoms with E-state index in [-0.39, 0.29) is 16.8 Å². The zero-order chi connectivity index (χ0) is 18.1. The second kappa shape index (κ2) is 7.23. The van der Waals surface area contributed by atoms with Crippen molar-refractivity contribution in [2.75, 3.05) is 13.1 Å². The summed E-state index contributed by atoms with van der Waals surface area (Å²) in [5.74, 6) is -0.0801. The molecule has 1 fully saturated rings. The van der Waals surface area contributed by atoms with E-state index in [9.17, 15) is 13.2 Å².